The van der Waals surface area contributed by atoms with Crippen LogP contribution in [-0.4, -0.2) is 54.4 Å². The fraction of sp³-hybridized carbons (Fsp3) is 0.375. The van der Waals surface area contributed by atoms with Crippen LogP contribution in [0, 0.1) is 0 Å². The highest BCUT2D eigenvalue weighted by Crippen LogP contribution is 2.29. The van der Waals surface area contributed by atoms with Crippen molar-refractivity contribution in [2.45, 2.75) is 45.8 Å². The summed E-state index contributed by atoms with van der Waals surface area (Å²) >= 11 is 6.14. The number of fused-ring (bicyclic) bond motifs is 2. The van der Waals surface area contributed by atoms with E-state index in [1.807, 2.05) is 19.2 Å². The Bertz CT molecular complexity index is 1430. The number of benzene rings is 1. The molecular weight excluding hydrogens is 470 g/mol. The third kappa shape index (κ3) is 5.37. The van der Waals surface area contributed by atoms with Gasteiger partial charge in [-0.25, -0.2) is 14.8 Å². The van der Waals surface area contributed by atoms with Crippen LogP contribution in [0.1, 0.15) is 45.0 Å². The average molecular weight is 498 g/mol. The lowest BCUT2D eigenvalue weighted by Crippen LogP contribution is -2.52. The number of aryl methyl sites for hydroxylation is 1. The molecule has 0 aliphatic rings. The van der Waals surface area contributed by atoms with Gasteiger partial charge in [0.05, 0.1) is 22.8 Å². The van der Waals surface area contributed by atoms with E-state index in [9.17, 15) is 9.59 Å². The molecule has 3 aromatic heterocycles. The molecular formula is C24H28ClN7O3. The quantitative estimate of drug-likeness (QED) is 0.379. The molecule has 4 aromatic rings. The maximum absolute atomic E-state index is 13.1. The van der Waals surface area contributed by atoms with Crippen LogP contribution in [0.3, 0.4) is 0 Å². The zero-order chi connectivity index (χ0) is 25.5. The number of carbonyl (C=O) groups is 2. The summed E-state index contributed by atoms with van der Waals surface area (Å²) in [5, 5.41) is 11.7. The first-order valence-corrected chi connectivity index (χ1v) is 11.5. The van der Waals surface area contributed by atoms with Crippen LogP contribution in [-0.2, 0) is 11.8 Å². The number of hydrogen-bond donors (Lipinski definition) is 3. The van der Waals surface area contributed by atoms with E-state index in [0.29, 0.717) is 33.1 Å². The number of hydrogen-bond acceptors (Lipinski definition) is 6. The molecule has 3 heterocycles. The molecule has 3 N–H and O–H groups in total. The van der Waals surface area contributed by atoms with Crippen LogP contribution >= 0.6 is 11.6 Å². The van der Waals surface area contributed by atoms with E-state index in [0.717, 1.165) is 10.9 Å². The summed E-state index contributed by atoms with van der Waals surface area (Å²) in [7, 11) is 1.83. The van der Waals surface area contributed by atoms with Crippen LogP contribution in [0.5, 0.6) is 0 Å². The standard InChI is InChI=1S/C24H28ClN7O3/c1-23(2,3)35-22(34)28-12-24(4,5)30-21(33)15-10-26-20-19(15)29-16(11-27-20)18-14-8-7-13(25)9-17(14)32(6)31-18/h7-11H,12H2,1-6H3,(H,26,27)(H,28,34)(H,30,33). The second kappa shape index (κ2) is 8.84. The number of aromatic amines is 1. The van der Waals surface area contributed by atoms with Crippen molar-refractivity contribution in [2.75, 3.05) is 6.54 Å². The van der Waals surface area contributed by atoms with Crippen LogP contribution in [0.4, 0.5) is 4.79 Å². The molecule has 10 nitrogen and oxygen atoms in total. The van der Waals surface area contributed by atoms with Crippen molar-refractivity contribution >= 4 is 45.7 Å². The maximum Gasteiger partial charge on any atom is 0.407 e. The van der Waals surface area contributed by atoms with E-state index in [4.69, 9.17) is 21.3 Å². The maximum atomic E-state index is 13.1. The third-order valence-corrected chi connectivity index (χ3v) is 5.44. The van der Waals surface area contributed by atoms with E-state index in [2.05, 4.69) is 25.7 Å². The first-order valence-electron chi connectivity index (χ1n) is 11.1. The van der Waals surface area contributed by atoms with Gasteiger partial charge in [0.15, 0.2) is 5.65 Å². The van der Waals surface area contributed by atoms with E-state index < -0.39 is 17.2 Å². The lowest BCUT2D eigenvalue weighted by molar-refractivity contribution is 0.0509. The number of amides is 2. The largest absolute Gasteiger partial charge is 0.444 e. The van der Waals surface area contributed by atoms with Gasteiger partial charge in [0.2, 0.25) is 0 Å². The predicted octanol–water partition coefficient (Wildman–Crippen LogP) is 4.20. The summed E-state index contributed by atoms with van der Waals surface area (Å²) in [5.41, 5.74) is 1.91. The number of nitrogens with zero attached hydrogens (tertiary/aromatic N) is 4. The summed E-state index contributed by atoms with van der Waals surface area (Å²) in [6.45, 7) is 9.15. The van der Waals surface area contributed by atoms with Crippen molar-refractivity contribution in [2.24, 2.45) is 7.05 Å². The Kier molecular flexibility index (Phi) is 6.18. The second-order valence-corrected chi connectivity index (χ2v) is 10.4. The molecule has 0 unspecified atom stereocenters. The lowest BCUT2D eigenvalue weighted by atomic mass is 10.1. The van der Waals surface area contributed by atoms with Gasteiger partial charge in [-0.1, -0.05) is 11.6 Å². The molecule has 0 atom stereocenters. The summed E-state index contributed by atoms with van der Waals surface area (Å²) < 4.78 is 6.99. The normalized spacial score (nSPS) is 12.2. The van der Waals surface area contributed by atoms with Crippen LogP contribution in [0.25, 0.3) is 33.5 Å². The number of nitrogens with one attached hydrogen (secondary N) is 3. The minimum Gasteiger partial charge on any atom is -0.444 e. The minimum absolute atomic E-state index is 0.176. The molecule has 0 spiro atoms. The Morgan fingerprint density at radius 1 is 1.20 bits per heavy atom. The van der Waals surface area contributed by atoms with Gasteiger partial charge in [-0.15, -0.1) is 0 Å². The number of rotatable bonds is 5. The fourth-order valence-electron chi connectivity index (χ4n) is 3.62. The van der Waals surface area contributed by atoms with Crippen molar-refractivity contribution in [1.29, 1.82) is 0 Å². The number of H-pyrrole nitrogens is 1. The van der Waals surface area contributed by atoms with Crippen molar-refractivity contribution in [3.05, 3.63) is 41.2 Å². The zero-order valence-electron chi connectivity index (χ0n) is 20.5. The summed E-state index contributed by atoms with van der Waals surface area (Å²) in [5.74, 6) is -0.351. The van der Waals surface area contributed by atoms with Crippen LogP contribution in [0.2, 0.25) is 5.02 Å². The summed E-state index contributed by atoms with van der Waals surface area (Å²) in [6, 6.07) is 5.52. The molecule has 0 saturated heterocycles. The zero-order valence-corrected chi connectivity index (χ0v) is 21.2. The van der Waals surface area contributed by atoms with Crippen LogP contribution < -0.4 is 10.6 Å². The SMILES string of the molecule is Cn1nc(-c2cnc3[nH]cc(C(=O)NC(C)(C)CNC(=O)OC(C)(C)C)c3n2)c2ccc(Cl)cc21. The van der Waals surface area contributed by atoms with E-state index >= 15 is 0 Å². The van der Waals surface area contributed by atoms with Gasteiger partial charge in [-0.3, -0.25) is 9.48 Å². The minimum atomic E-state index is -0.751. The number of aromatic nitrogens is 5. The lowest BCUT2D eigenvalue weighted by Gasteiger charge is -2.27. The molecule has 0 aliphatic heterocycles. The van der Waals surface area contributed by atoms with Gasteiger partial charge in [-0.05, 0) is 52.8 Å². The van der Waals surface area contributed by atoms with Crippen molar-refractivity contribution in [1.82, 2.24) is 35.4 Å². The Morgan fingerprint density at radius 3 is 2.66 bits per heavy atom. The number of carbonyl (C=O) groups excluding carboxylic acids is 2. The van der Waals surface area contributed by atoms with Gasteiger partial charge in [0.1, 0.15) is 22.5 Å². The highest BCUT2D eigenvalue weighted by molar-refractivity contribution is 6.31. The molecule has 0 saturated carbocycles. The van der Waals surface area contributed by atoms with E-state index in [-0.39, 0.29) is 12.5 Å². The Morgan fingerprint density at radius 2 is 1.94 bits per heavy atom. The molecule has 0 bridgehead atoms. The van der Waals surface area contributed by atoms with Crippen LogP contribution in [0.15, 0.2) is 30.6 Å². The number of alkyl carbamates (subject to hydrolysis) is 1. The molecule has 35 heavy (non-hydrogen) atoms. The molecule has 1 aromatic carbocycles. The molecule has 0 aliphatic carbocycles. The van der Waals surface area contributed by atoms with Gasteiger partial charge in [-0.2, -0.15) is 5.10 Å². The summed E-state index contributed by atoms with van der Waals surface area (Å²) in [4.78, 5) is 37.3. The number of ether oxygens (including phenoxy) is 1. The molecule has 2 amide bonds. The van der Waals surface area contributed by atoms with Crippen molar-refractivity contribution in [3.63, 3.8) is 0 Å². The molecule has 0 fully saturated rings. The number of halogens is 1. The second-order valence-electron chi connectivity index (χ2n) is 9.98. The Hall–Kier alpha value is -3.66. The van der Waals surface area contributed by atoms with Gasteiger partial charge < -0.3 is 20.4 Å². The van der Waals surface area contributed by atoms with Gasteiger partial charge in [0.25, 0.3) is 5.91 Å². The van der Waals surface area contributed by atoms with Crippen molar-refractivity contribution in [3.8, 4) is 11.4 Å². The van der Waals surface area contributed by atoms with Gasteiger partial charge in [0, 0.05) is 30.2 Å². The predicted molar refractivity (Wildman–Crippen MR) is 134 cm³/mol. The highest BCUT2D eigenvalue weighted by Gasteiger charge is 2.26. The highest BCUT2D eigenvalue weighted by atomic mass is 35.5. The summed E-state index contributed by atoms with van der Waals surface area (Å²) in [6.07, 6.45) is 2.63. The molecule has 4 rings (SSSR count). The van der Waals surface area contributed by atoms with Crippen molar-refractivity contribution < 1.29 is 14.3 Å². The van der Waals surface area contributed by atoms with E-state index in [1.54, 1.807) is 57.8 Å². The average Bonchev–Trinajstić information content (AvgIpc) is 3.31. The topological polar surface area (TPSA) is 127 Å². The molecule has 11 heteroatoms. The third-order valence-electron chi connectivity index (χ3n) is 5.21. The van der Waals surface area contributed by atoms with E-state index in [1.165, 1.54) is 0 Å². The molecule has 184 valence electrons. The first kappa shape index (κ1) is 24.5. The monoisotopic (exact) mass is 497 g/mol. The molecule has 0 radical (unpaired) electrons. The van der Waals surface area contributed by atoms with Gasteiger partial charge >= 0.3 is 6.09 Å². The fourth-order valence-corrected chi connectivity index (χ4v) is 3.79. The first-order chi connectivity index (χ1) is 16.3. The smallest absolute Gasteiger partial charge is 0.407 e. The Balaban J connectivity index is 1.57. The Labute approximate surface area is 207 Å².